The number of benzene rings is 2. The normalized spacial score (nSPS) is 17.5. The number of aryl methyl sites for hydroxylation is 1. The number of carbonyl (C=O) groups excluding carboxylic acids is 2. The first-order valence-corrected chi connectivity index (χ1v) is 8.12. The number of alkyl halides is 3. The lowest BCUT2D eigenvalue weighted by Gasteiger charge is -2.18. The molecule has 2 aromatic rings. The van der Waals surface area contributed by atoms with Crippen LogP contribution in [0, 0.1) is 6.92 Å². The Labute approximate surface area is 148 Å². The zero-order valence-electron chi connectivity index (χ0n) is 14.0. The van der Waals surface area contributed by atoms with E-state index in [9.17, 15) is 22.8 Å². The van der Waals surface area contributed by atoms with Gasteiger partial charge in [-0.1, -0.05) is 29.8 Å². The molecule has 26 heavy (non-hydrogen) atoms. The summed E-state index contributed by atoms with van der Waals surface area (Å²) in [4.78, 5) is 26.4. The first-order chi connectivity index (χ1) is 12.3. The van der Waals surface area contributed by atoms with Crippen LogP contribution in [0.25, 0.3) is 0 Å². The van der Waals surface area contributed by atoms with E-state index < -0.39 is 29.3 Å². The van der Waals surface area contributed by atoms with Crippen molar-refractivity contribution in [2.75, 3.05) is 11.4 Å². The third-order valence-corrected chi connectivity index (χ3v) is 4.33. The van der Waals surface area contributed by atoms with E-state index in [4.69, 9.17) is 0 Å². The SMILES string of the molecule is Cc1ccc(N2CCC(NC(=O)c3ccccc3C(F)(F)F)C2=O)cc1. The summed E-state index contributed by atoms with van der Waals surface area (Å²) < 4.78 is 39.2. The second-order valence-electron chi connectivity index (χ2n) is 6.18. The fraction of sp³-hybridized carbons (Fsp3) is 0.263. The molecule has 1 atom stereocenters. The zero-order valence-corrected chi connectivity index (χ0v) is 14.0. The molecule has 0 aromatic heterocycles. The van der Waals surface area contributed by atoms with Crippen LogP contribution in [0.2, 0.25) is 0 Å². The van der Waals surface area contributed by atoms with Crippen molar-refractivity contribution >= 4 is 17.5 Å². The molecule has 1 heterocycles. The van der Waals surface area contributed by atoms with Crippen LogP contribution in [0.5, 0.6) is 0 Å². The fourth-order valence-electron chi connectivity index (χ4n) is 2.96. The Morgan fingerprint density at radius 2 is 1.77 bits per heavy atom. The number of rotatable bonds is 3. The maximum absolute atomic E-state index is 13.1. The van der Waals surface area contributed by atoms with E-state index in [1.54, 1.807) is 12.1 Å². The van der Waals surface area contributed by atoms with Gasteiger partial charge in [0.25, 0.3) is 5.91 Å². The van der Waals surface area contributed by atoms with Crippen LogP contribution >= 0.6 is 0 Å². The summed E-state index contributed by atoms with van der Waals surface area (Å²) >= 11 is 0. The first-order valence-electron chi connectivity index (χ1n) is 8.12. The molecule has 0 spiro atoms. The number of nitrogens with one attached hydrogen (secondary N) is 1. The van der Waals surface area contributed by atoms with Crippen molar-refractivity contribution in [1.29, 1.82) is 0 Å². The number of halogens is 3. The highest BCUT2D eigenvalue weighted by molar-refractivity contribution is 6.04. The highest BCUT2D eigenvalue weighted by Crippen LogP contribution is 2.32. The Bertz CT molecular complexity index is 831. The summed E-state index contributed by atoms with van der Waals surface area (Å²) in [5, 5.41) is 2.44. The van der Waals surface area contributed by atoms with E-state index in [1.807, 2.05) is 19.1 Å². The average molecular weight is 362 g/mol. The van der Waals surface area contributed by atoms with E-state index in [0.717, 1.165) is 17.7 Å². The molecular formula is C19H17F3N2O2. The van der Waals surface area contributed by atoms with Crippen LogP contribution in [0.4, 0.5) is 18.9 Å². The second-order valence-corrected chi connectivity index (χ2v) is 6.18. The van der Waals surface area contributed by atoms with Crippen LogP contribution in [0.1, 0.15) is 27.9 Å². The minimum Gasteiger partial charge on any atom is -0.340 e. The molecule has 1 saturated heterocycles. The molecule has 2 aromatic carbocycles. The maximum atomic E-state index is 13.1. The molecule has 0 aliphatic carbocycles. The van der Waals surface area contributed by atoms with Gasteiger partial charge in [-0.3, -0.25) is 9.59 Å². The van der Waals surface area contributed by atoms with Crippen molar-refractivity contribution < 1.29 is 22.8 Å². The molecule has 1 aliphatic rings. The van der Waals surface area contributed by atoms with E-state index in [2.05, 4.69) is 5.32 Å². The molecule has 0 radical (unpaired) electrons. The van der Waals surface area contributed by atoms with E-state index >= 15 is 0 Å². The molecule has 0 saturated carbocycles. The molecular weight excluding hydrogens is 345 g/mol. The number of hydrogen-bond donors (Lipinski definition) is 1. The summed E-state index contributed by atoms with van der Waals surface area (Å²) in [6, 6.07) is 11.0. The van der Waals surface area contributed by atoms with Gasteiger partial charge in [-0.2, -0.15) is 13.2 Å². The standard InChI is InChI=1S/C19H17F3N2O2/c1-12-6-8-13(9-7-12)24-11-10-16(18(24)26)23-17(25)14-4-2-3-5-15(14)19(20,21)22/h2-9,16H,10-11H2,1H3,(H,23,25). The largest absolute Gasteiger partial charge is 0.417 e. The topological polar surface area (TPSA) is 49.4 Å². The summed E-state index contributed by atoms with van der Waals surface area (Å²) in [5.74, 6) is -1.23. The molecule has 7 heteroatoms. The lowest BCUT2D eigenvalue weighted by atomic mass is 10.1. The predicted octanol–water partition coefficient (Wildman–Crippen LogP) is 3.55. The van der Waals surface area contributed by atoms with Crippen molar-refractivity contribution in [3.63, 3.8) is 0 Å². The van der Waals surface area contributed by atoms with Crippen molar-refractivity contribution in [2.24, 2.45) is 0 Å². The fourth-order valence-corrected chi connectivity index (χ4v) is 2.96. The molecule has 1 N–H and O–H groups in total. The van der Waals surface area contributed by atoms with Crippen molar-refractivity contribution in [1.82, 2.24) is 5.32 Å². The monoisotopic (exact) mass is 362 g/mol. The average Bonchev–Trinajstić information content (AvgIpc) is 2.95. The summed E-state index contributed by atoms with van der Waals surface area (Å²) in [7, 11) is 0. The Morgan fingerprint density at radius 3 is 2.42 bits per heavy atom. The molecule has 1 unspecified atom stereocenters. The second kappa shape index (κ2) is 6.82. The number of amides is 2. The highest BCUT2D eigenvalue weighted by Gasteiger charge is 2.37. The van der Waals surface area contributed by atoms with Crippen LogP contribution in [0.15, 0.2) is 48.5 Å². The molecule has 3 rings (SSSR count). The van der Waals surface area contributed by atoms with Gasteiger partial charge in [0.1, 0.15) is 6.04 Å². The van der Waals surface area contributed by atoms with Gasteiger partial charge in [-0.05, 0) is 37.6 Å². The van der Waals surface area contributed by atoms with Gasteiger partial charge in [-0.15, -0.1) is 0 Å². The number of nitrogens with zero attached hydrogens (tertiary/aromatic N) is 1. The van der Waals surface area contributed by atoms with Crippen molar-refractivity contribution in [3.05, 3.63) is 65.2 Å². The van der Waals surface area contributed by atoms with Gasteiger partial charge in [0, 0.05) is 12.2 Å². The van der Waals surface area contributed by atoms with Gasteiger partial charge in [0.15, 0.2) is 0 Å². The van der Waals surface area contributed by atoms with Gasteiger partial charge in [0.05, 0.1) is 11.1 Å². The summed E-state index contributed by atoms with van der Waals surface area (Å²) in [6.45, 7) is 2.32. The zero-order chi connectivity index (χ0) is 18.9. The molecule has 4 nitrogen and oxygen atoms in total. The van der Waals surface area contributed by atoms with Crippen LogP contribution < -0.4 is 10.2 Å². The lowest BCUT2D eigenvalue weighted by molar-refractivity contribution is -0.137. The molecule has 0 bridgehead atoms. The van der Waals surface area contributed by atoms with Gasteiger partial charge < -0.3 is 10.2 Å². The molecule has 136 valence electrons. The Hall–Kier alpha value is -2.83. The smallest absolute Gasteiger partial charge is 0.340 e. The van der Waals surface area contributed by atoms with Gasteiger partial charge >= 0.3 is 6.18 Å². The van der Waals surface area contributed by atoms with Gasteiger partial charge in [-0.25, -0.2) is 0 Å². The van der Waals surface area contributed by atoms with E-state index in [-0.39, 0.29) is 5.91 Å². The summed E-state index contributed by atoms with van der Waals surface area (Å²) in [6.07, 6.45) is -4.30. The van der Waals surface area contributed by atoms with Crippen LogP contribution in [0.3, 0.4) is 0 Å². The predicted molar refractivity (Wildman–Crippen MR) is 90.8 cm³/mol. The maximum Gasteiger partial charge on any atom is 0.417 e. The van der Waals surface area contributed by atoms with E-state index in [1.165, 1.54) is 17.0 Å². The van der Waals surface area contributed by atoms with Crippen LogP contribution in [-0.2, 0) is 11.0 Å². The first kappa shape index (κ1) is 18.0. The Kier molecular flexibility index (Phi) is 4.71. The van der Waals surface area contributed by atoms with Crippen molar-refractivity contribution in [3.8, 4) is 0 Å². The third kappa shape index (κ3) is 3.56. The van der Waals surface area contributed by atoms with Gasteiger partial charge in [0.2, 0.25) is 5.91 Å². The third-order valence-electron chi connectivity index (χ3n) is 4.33. The number of anilines is 1. The molecule has 2 amide bonds. The Balaban J connectivity index is 1.75. The summed E-state index contributed by atoms with van der Waals surface area (Å²) in [5.41, 5.74) is 0.252. The number of carbonyl (C=O) groups is 2. The molecule has 1 aliphatic heterocycles. The van der Waals surface area contributed by atoms with E-state index in [0.29, 0.717) is 18.7 Å². The van der Waals surface area contributed by atoms with Crippen molar-refractivity contribution in [2.45, 2.75) is 25.6 Å². The Morgan fingerprint density at radius 1 is 1.12 bits per heavy atom. The minimum atomic E-state index is -4.64. The molecule has 1 fully saturated rings. The minimum absolute atomic E-state index is 0.327. The number of hydrogen-bond acceptors (Lipinski definition) is 2. The lowest BCUT2D eigenvalue weighted by Crippen LogP contribution is -2.42. The van der Waals surface area contributed by atoms with Crippen LogP contribution in [-0.4, -0.2) is 24.4 Å². The quantitative estimate of drug-likeness (QED) is 0.908. The highest BCUT2D eigenvalue weighted by atomic mass is 19.4.